The summed E-state index contributed by atoms with van der Waals surface area (Å²) in [6, 6.07) is 9.69. The molecule has 1 aromatic carbocycles. The first-order valence-electron chi connectivity index (χ1n) is 6.33. The molecule has 1 amide bonds. The number of carbonyl (C=O) groups is 1. The molecule has 0 atom stereocenters. The van der Waals surface area contributed by atoms with E-state index in [0.29, 0.717) is 5.69 Å². The van der Waals surface area contributed by atoms with Crippen LogP contribution in [0.25, 0.3) is 0 Å². The zero-order valence-corrected chi connectivity index (χ0v) is 12.1. The maximum absolute atomic E-state index is 12.4. The van der Waals surface area contributed by atoms with Crippen LogP contribution in [-0.4, -0.2) is 30.7 Å². The minimum Gasteiger partial charge on any atom is -0.388 e. The van der Waals surface area contributed by atoms with Crippen molar-refractivity contribution < 1.29 is 13.2 Å². The third-order valence-corrected chi connectivity index (χ3v) is 5.11. The van der Waals surface area contributed by atoms with Crippen LogP contribution in [0.15, 0.2) is 47.5 Å². The number of hydrogen-bond acceptors (Lipinski definition) is 5. The summed E-state index contributed by atoms with van der Waals surface area (Å²) in [5, 5.41) is 2.95. The van der Waals surface area contributed by atoms with Gasteiger partial charge in [-0.2, -0.15) is 0 Å². The van der Waals surface area contributed by atoms with Gasteiger partial charge in [0.05, 0.1) is 17.8 Å². The molecule has 6 nitrogen and oxygen atoms in total. The number of rotatable bonds is 3. The summed E-state index contributed by atoms with van der Waals surface area (Å²) >= 11 is 0. The van der Waals surface area contributed by atoms with Gasteiger partial charge in [0.25, 0.3) is 15.9 Å². The molecule has 21 heavy (non-hydrogen) atoms. The fraction of sp³-hybridized carbons (Fsp3) is 0.143. The smallest absolute Gasteiger partial charge is 0.269 e. The molecule has 0 saturated carbocycles. The number of benzene rings is 1. The Hall–Kier alpha value is -2.41. The number of nitrogens with one attached hydrogen (secondary N) is 1. The number of anilines is 1. The number of aromatic nitrogens is 1. The predicted molar refractivity (Wildman–Crippen MR) is 77.3 cm³/mol. The monoisotopic (exact) mass is 303 g/mol. The number of hydrogen-bond donors (Lipinski definition) is 1. The fourth-order valence-corrected chi connectivity index (χ4v) is 3.79. The van der Waals surface area contributed by atoms with Gasteiger partial charge in [0, 0.05) is 18.9 Å². The average molecular weight is 303 g/mol. The zero-order valence-electron chi connectivity index (χ0n) is 11.3. The summed E-state index contributed by atoms with van der Waals surface area (Å²) in [6.45, 7) is -0.0780. The van der Waals surface area contributed by atoms with Gasteiger partial charge in [-0.1, -0.05) is 12.1 Å². The number of pyridine rings is 1. The lowest BCUT2D eigenvalue weighted by molar-refractivity contribution is 0.0864. The second-order valence-corrected chi connectivity index (χ2v) is 6.43. The van der Waals surface area contributed by atoms with E-state index in [9.17, 15) is 13.2 Å². The van der Waals surface area contributed by atoms with Gasteiger partial charge in [0.15, 0.2) is 0 Å². The molecule has 1 aliphatic heterocycles. The fourth-order valence-electron chi connectivity index (χ4n) is 2.25. The van der Waals surface area contributed by atoms with Crippen LogP contribution in [0.2, 0.25) is 0 Å². The normalized spacial score (nSPS) is 15.9. The van der Waals surface area contributed by atoms with E-state index in [-0.39, 0.29) is 17.0 Å². The maximum Gasteiger partial charge on any atom is 0.269 e. The summed E-state index contributed by atoms with van der Waals surface area (Å²) in [5.74, 6) is -0.512. The van der Waals surface area contributed by atoms with Gasteiger partial charge < -0.3 is 5.32 Å². The summed E-state index contributed by atoms with van der Waals surface area (Å²) < 4.78 is 25.7. The van der Waals surface area contributed by atoms with Crippen molar-refractivity contribution in [3.63, 3.8) is 0 Å². The maximum atomic E-state index is 12.4. The SMILES string of the molecule is CNc1ccnc(CN2C(=O)c3ccccc3S2(=O)=O)c1. The lowest BCUT2D eigenvalue weighted by atomic mass is 10.2. The Labute approximate surface area is 122 Å². The topological polar surface area (TPSA) is 79.4 Å². The van der Waals surface area contributed by atoms with E-state index in [0.717, 1.165) is 9.99 Å². The van der Waals surface area contributed by atoms with Crippen LogP contribution in [0.3, 0.4) is 0 Å². The molecule has 0 saturated heterocycles. The van der Waals surface area contributed by atoms with Crippen LogP contribution in [0.1, 0.15) is 16.1 Å². The highest BCUT2D eigenvalue weighted by atomic mass is 32.2. The molecule has 0 unspecified atom stereocenters. The molecule has 3 rings (SSSR count). The average Bonchev–Trinajstić information content (AvgIpc) is 2.69. The van der Waals surface area contributed by atoms with Crippen molar-refractivity contribution in [2.45, 2.75) is 11.4 Å². The number of carbonyl (C=O) groups excluding carboxylic acids is 1. The molecule has 0 fully saturated rings. The second-order valence-electron chi connectivity index (χ2n) is 4.60. The number of sulfonamides is 1. The summed E-state index contributed by atoms with van der Waals surface area (Å²) in [4.78, 5) is 16.4. The molecular weight excluding hydrogens is 290 g/mol. The van der Waals surface area contributed by atoms with Crippen LogP contribution in [0.4, 0.5) is 5.69 Å². The van der Waals surface area contributed by atoms with Crippen LogP contribution in [-0.2, 0) is 16.6 Å². The number of amides is 1. The summed E-state index contributed by atoms with van der Waals surface area (Å²) in [6.07, 6.45) is 1.57. The molecule has 0 spiro atoms. The highest BCUT2D eigenvalue weighted by molar-refractivity contribution is 7.90. The molecular formula is C14H13N3O3S. The van der Waals surface area contributed by atoms with Crippen molar-refractivity contribution in [3.8, 4) is 0 Å². The standard InChI is InChI=1S/C14H13N3O3S/c1-15-10-6-7-16-11(8-10)9-17-14(18)12-4-2-3-5-13(12)21(17,19)20/h2-8H,9H2,1H3,(H,15,16). The highest BCUT2D eigenvalue weighted by Crippen LogP contribution is 2.31. The molecule has 0 aliphatic carbocycles. The molecule has 108 valence electrons. The van der Waals surface area contributed by atoms with Crippen molar-refractivity contribution in [2.24, 2.45) is 0 Å². The van der Waals surface area contributed by atoms with Gasteiger partial charge in [-0.05, 0) is 24.3 Å². The van der Waals surface area contributed by atoms with Gasteiger partial charge in [-0.3, -0.25) is 9.78 Å². The molecule has 7 heteroatoms. The highest BCUT2D eigenvalue weighted by Gasteiger charge is 2.40. The van der Waals surface area contributed by atoms with Gasteiger partial charge >= 0.3 is 0 Å². The minimum absolute atomic E-state index is 0.0553. The van der Waals surface area contributed by atoms with Crippen LogP contribution in [0.5, 0.6) is 0 Å². The van der Waals surface area contributed by atoms with Crippen molar-refractivity contribution in [1.82, 2.24) is 9.29 Å². The van der Waals surface area contributed by atoms with Gasteiger partial charge in [-0.25, -0.2) is 12.7 Å². The first kappa shape index (κ1) is 13.6. The molecule has 2 heterocycles. The minimum atomic E-state index is -3.79. The lowest BCUT2D eigenvalue weighted by Crippen LogP contribution is -2.29. The Morgan fingerprint density at radius 2 is 2.00 bits per heavy atom. The third kappa shape index (κ3) is 2.15. The first-order chi connectivity index (χ1) is 10.0. The molecule has 0 bridgehead atoms. The van der Waals surface area contributed by atoms with Crippen molar-refractivity contribution in [3.05, 3.63) is 53.9 Å². The van der Waals surface area contributed by atoms with Crippen molar-refractivity contribution in [2.75, 3.05) is 12.4 Å². The van der Waals surface area contributed by atoms with Crippen LogP contribution >= 0.6 is 0 Å². The summed E-state index contributed by atoms with van der Waals surface area (Å²) in [7, 11) is -2.03. The Morgan fingerprint density at radius 1 is 1.24 bits per heavy atom. The van der Waals surface area contributed by atoms with E-state index >= 15 is 0 Å². The van der Waals surface area contributed by atoms with E-state index < -0.39 is 15.9 Å². The predicted octanol–water partition coefficient (Wildman–Crippen LogP) is 1.47. The molecule has 1 aromatic heterocycles. The van der Waals surface area contributed by atoms with Crippen molar-refractivity contribution >= 4 is 21.6 Å². The van der Waals surface area contributed by atoms with E-state index in [1.807, 2.05) is 0 Å². The Bertz CT molecular complexity index is 818. The molecule has 1 aliphatic rings. The van der Waals surface area contributed by atoms with Crippen LogP contribution in [0, 0.1) is 0 Å². The molecule has 2 aromatic rings. The number of nitrogens with zero attached hydrogens (tertiary/aromatic N) is 2. The first-order valence-corrected chi connectivity index (χ1v) is 7.77. The van der Waals surface area contributed by atoms with E-state index in [2.05, 4.69) is 10.3 Å². The Morgan fingerprint density at radius 3 is 2.71 bits per heavy atom. The van der Waals surface area contributed by atoms with E-state index in [1.165, 1.54) is 12.1 Å². The van der Waals surface area contributed by atoms with Crippen LogP contribution < -0.4 is 5.32 Å². The molecule has 0 radical (unpaired) electrons. The Balaban J connectivity index is 1.99. The zero-order chi connectivity index (χ0) is 15.0. The van der Waals surface area contributed by atoms with Gasteiger partial charge in [0.1, 0.15) is 4.90 Å². The lowest BCUT2D eigenvalue weighted by Gasteiger charge is -2.14. The molecule has 1 N–H and O–H groups in total. The van der Waals surface area contributed by atoms with Crippen molar-refractivity contribution in [1.29, 1.82) is 0 Å². The third-order valence-electron chi connectivity index (χ3n) is 3.32. The van der Waals surface area contributed by atoms with E-state index in [4.69, 9.17) is 0 Å². The van der Waals surface area contributed by atoms with Gasteiger partial charge in [0.2, 0.25) is 0 Å². The van der Waals surface area contributed by atoms with E-state index in [1.54, 1.807) is 37.5 Å². The Kier molecular flexibility index (Phi) is 3.13. The number of fused-ring (bicyclic) bond motifs is 1. The largest absolute Gasteiger partial charge is 0.388 e. The van der Waals surface area contributed by atoms with Gasteiger partial charge in [-0.15, -0.1) is 0 Å². The summed E-state index contributed by atoms with van der Waals surface area (Å²) in [5.41, 5.74) is 1.52. The second kappa shape index (κ2) is 4.85. The quantitative estimate of drug-likeness (QED) is 0.929.